The molecule has 0 radical (unpaired) electrons. The van der Waals surface area contributed by atoms with E-state index in [0.29, 0.717) is 0 Å². The predicted molar refractivity (Wildman–Crippen MR) is 57.4 cm³/mol. The van der Waals surface area contributed by atoms with Crippen molar-refractivity contribution >= 4 is 0 Å². The Morgan fingerprint density at radius 1 is 1.47 bits per heavy atom. The van der Waals surface area contributed by atoms with Gasteiger partial charge in [0, 0.05) is 25.4 Å². The number of aromatic amines is 1. The van der Waals surface area contributed by atoms with Crippen molar-refractivity contribution in [2.75, 3.05) is 6.54 Å². The zero-order chi connectivity index (χ0) is 10.5. The lowest BCUT2D eigenvalue weighted by Gasteiger charge is -2.00. The van der Waals surface area contributed by atoms with E-state index in [-0.39, 0.29) is 0 Å². The van der Waals surface area contributed by atoms with Gasteiger partial charge >= 0.3 is 0 Å². The van der Waals surface area contributed by atoms with E-state index in [9.17, 15) is 0 Å². The first-order chi connectivity index (χ1) is 7.34. The average Bonchev–Trinajstić information content (AvgIpc) is 2.84. The Labute approximate surface area is 88.7 Å². The monoisotopic (exact) mass is 205 g/mol. The molecule has 0 aliphatic rings. The number of H-pyrrole nitrogens is 1. The Morgan fingerprint density at radius 2 is 2.40 bits per heavy atom. The third-order valence-corrected chi connectivity index (χ3v) is 2.19. The standard InChI is InChI=1S/C11H15N3O/c1-9-2-3-10(15-9)8-12-5-4-11-13-6-7-14-11/h2-3,6-7,12H,4-5,8H2,1H3,(H,13,14). The summed E-state index contributed by atoms with van der Waals surface area (Å²) in [6, 6.07) is 3.97. The van der Waals surface area contributed by atoms with Gasteiger partial charge in [-0.25, -0.2) is 4.98 Å². The van der Waals surface area contributed by atoms with Crippen LogP contribution < -0.4 is 5.32 Å². The minimum atomic E-state index is 0.772. The number of imidazole rings is 1. The molecule has 15 heavy (non-hydrogen) atoms. The minimum Gasteiger partial charge on any atom is -0.465 e. The summed E-state index contributed by atoms with van der Waals surface area (Å²) in [5.41, 5.74) is 0. The fourth-order valence-corrected chi connectivity index (χ4v) is 1.43. The van der Waals surface area contributed by atoms with Crippen molar-refractivity contribution in [3.63, 3.8) is 0 Å². The van der Waals surface area contributed by atoms with Crippen molar-refractivity contribution in [3.05, 3.63) is 41.9 Å². The number of hydrogen-bond acceptors (Lipinski definition) is 3. The molecule has 4 nitrogen and oxygen atoms in total. The Hall–Kier alpha value is -1.55. The molecule has 0 unspecified atom stereocenters. The first kappa shape index (κ1) is 9.98. The van der Waals surface area contributed by atoms with Crippen molar-refractivity contribution in [2.24, 2.45) is 0 Å². The molecule has 0 bridgehead atoms. The number of nitrogens with zero attached hydrogens (tertiary/aromatic N) is 1. The van der Waals surface area contributed by atoms with Gasteiger partial charge in [-0.3, -0.25) is 0 Å². The van der Waals surface area contributed by atoms with Crippen molar-refractivity contribution in [2.45, 2.75) is 19.9 Å². The summed E-state index contributed by atoms with van der Waals surface area (Å²) >= 11 is 0. The second-order valence-corrected chi connectivity index (χ2v) is 3.48. The van der Waals surface area contributed by atoms with Crippen LogP contribution in [0.25, 0.3) is 0 Å². The maximum Gasteiger partial charge on any atom is 0.117 e. The van der Waals surface area contributed by atoms with E-state index in [2.05, 4.69) is 15.3 Å². The van der Waals surface area contributed by atoms with Crippen molar-refractivity contribution in [1.82, 2.24) is 15.3 Å². The van der Waals surface area contributed by atoms with Crippen LogP contribution in [0.5, 0.6) is 0 Å². The largest absolute Gasteiger partial charge is 0.465 e. The van der Waals surface area contributed by atoms with Gasteiger partial charge in [0.1, 0.15) is 17.3 Å². The third-order valence-electron chi connectivity index (χ3n) is 2.19. The van der Waals surface area contributed by atoms with Crippen LogP contribution in [0.1, 0.15) is 17.3 Å². The highest BCUT2D eigenvalue weighted by molar-refractivity contribution is 5.05. The van der Waals surface area contributed by atoms with Crippen LogP contribution in [-0.2, 0) is 13.0 Å². The lowest BCUT2D eigenvalue weighted by molar-refractivity contribution is 0.462. The maximum absolute atomic E-state index is 5.43. The normalized spacial score (nSPS) is 10.7. The molecule has 2 rings (SSSR count). The van der Waals surface area contributed by atoms with Gasteiger partial charge in [0.25, 0.3) is 0 Å². The van der Waals surface area contributed by atoms with Crippen LogP contribution in [0.4, 0.5) is 0 Å². The zero-order valence-corrected chi connectivity index (χ0v) is 8.79. The highest BCUT2D eigenvalue weighted by Crippen LogP contribution is 2.05. The van der Waals surface area contributed by atoms with Gasteiger partial charge in [-0.15, -0.1) is 0 Å². The van der Waals surface area contributed by atoms with E-state index in [1.54, 1.807) is 6.20 Å². The summed E-state index contributed by atoms with van der Waals surface area (Å²) in [7, 11) is 0. The number of nitrogens with one attached hydrogen (secondary N) is 2. The molecule has 0 atom stereocenters. The molecule has 0 fully saturated rings. The highest BCUT2D eigenvalue weighted by atomic mass is 16.3. The second-order valence-electron chi connectivity index (χ2n) is 3.48. The first-order valence-electron chi connectivity index (χ1n) is 5.09. The van der Waals surface area contributed by atoms with Gasteiger partial charge in [0.05, 0.1) is 6.54 Å². The maximum atomic E-state index is 5.43. The number of aromatic nitrogens is 2. The summed E-state index contributed by atoms with van der Waals surface area (Å²) in [5, 5.41) is 3.30. The summed E-state index contributed by atoms with van der Waals surface area (Å²) in [4.78, 5) is 7.21. The molecule has 2 aromatic heterocycles. The average molecular weight is 205 g/mol. The van der Waals surface area contributed by atoms with E-state index < -0.39 is 0 Å². The van der Waals surface area contributed by atoms with Crippen molar-refractivity contribution < 1.29 is 4.42 Å². The molecule has 2 heterocycles. The zero-order valence-electron chi connectivity index (χ0n) is 8.79. The smallest absolute Gasteiger partial charge is 0.117 e. The van der Waals surface area contributed by atoms with Crippen LogP contribution in [-0.4, -0.2) is 16.5 Å². The molecular weight excluding hydrogens is 190 g/mol. The molecule has 0 saturated heterocycles. The van der Waals surface area contributed by atoms with Gasteiger partial charge in [-0.1, -0.05) is 0 Å². The minimum absolute atomic E-state index is 0.772. The number of aryl methyl sites for hydroxylation is 1. The Balaban J connectivity index is 1.67. The van der Waals surface area contributed by atoms with Gasteiger partial charge in [0.15, 0.2) is 0 Å². The second kappa shape index (κ2) is 4.79. The summed E-state index contributed by atoms with van der Waals surface area (Å²) < 4.78 is 5.43. The van der Waals surface area contributed by atoms with Crippen LogP contribution in [0.15, 0.2) is 28.9 Å². The van der Waals surface area contributed by atoms with Crippen LogP contribution in [0.2, 0.25) is 0 Å². The first-order valence-corrected chi connectivity index (χ1v) is 5.09. The molecule has 0 aliphatic carbocycles. The number of hydrogen-bond donors (Lipinski definition) is 2. The predicted octanol–water partition coefficient (Wildman–Crippen LogP) is 1.64. The van der Waals surface area contributed by atoms with Crippen LogP contribution >= 0.6 is 0 Å². The molecule has 2 N–H and O–H groups in total. The van der Waals surface area contributed by atoms with Crippen molar-refractivity contribution in [1.29, 1.82) is 0 Å². The number of furan rings is 1. The fourth-order valence-electron chi connectivity index (χ4n) is 1.43. The molecule has 0 amide bonds. The molecule has 80 valence electrons. The topological polar surface area (TPSA) is 53.9 Å². The van der Waals surface area contributed by atoms with E-state index in [1.807, 2.05) is 25.3 Å². The van der Waals surface area contributed by atoms with E-state index in [1.165, 1.54) is 0 Å². The molecule has 2 aromatic rings. The molecule has 0 aliphatic heterocycles. The fraction of sp³-hybridized carbons (Fsp3) is 0.364. The van der Waals surface area contributed by atoms with Crippen LogP contribution in [0, 0.1) is 6.92 Å². The quantitative estimate of drug-likeness (QED) is 0.730. The Kier molecular flexibility index (Phi) is 3.19. The van der Waals surface area contributed by atoms with E-state index in [4.69, 9.17) is 4.42 Å². The molecule has 0 spiro atoms. The van der Waals surface area contributed by atoms with E-state index in [0.717, 1.165) is 36.9 Å². The molecule has 4 heteroatoms. The molecular formula is C11H15N3O. The molecule has 0 saturated carbocycles. The van der Waals surface area contributed by atoms with Gasteiger partial charge in [-0.05, 0) is 19.1 Å². The van der Waals surface area contributed by atoms with Crippen molar-refractivity contribution in [3.8, 4) is 0 Å². The van der Waals surface area contributed by atoms with E-state index >= 15 is 0 Å². The lowest BCUT2D eigenvalue weighted by atomic mass is 10.4. The van der Waals surface area contributed by atoms with Crippen LogP contribution in [0.3, 0.4) is 0 Å². The summed E-state index contributed by atoms with van der Waals surface area (Å²) in [5.74, 6) is 2.95. The molecule has 0 aromatic carbocycles. The lowest BCUT2D eigenvalue weighted by Crippen LogP contribution is -2.16. The summed E-state index contributed by atoms with van der Waals surface area (Å²) in [6.45, 7) is 3.62. The van der Waals surface area contributed by atoms with Gasteiger partial charge in [0.2, 0.25) is 0 Å². The number of rotatable bonds is 5. The van der Waals surface area contributed by atoms with Gasteiger partial charge in [-0.2, -0.15) is 0 Å². The highest BCUT2D eigenvalue weighted by Gasteiger charge is 1.98. The SMILES string of the molecule is Cc1ccc(CNCCc2ncc[nH]2)o1. The Bertz CT molecular complexity index is 392. The Morgan fingerprint density at radius 3 is 3.07 bits per heavy atom. The third kappa shape index (κ3) is 2.95. The van der Waals surface area contributed by atoms with Gasteiger partial charge < -0.3 is 14.7 Å². The summed E-state index contributed by atoms with van der Waals surface area (Å²) in [6.07, 6.45) is 4.52.